The number of aliphatic imine (C=N–C) groups is 1. The molecule has 0 bridgehead atoms. The van der Waals surface area contributed by atoms with E-state index in [1.807, 2.05) is 18.2 Å². The minimum Gasteiger partial charge on any atom is -0.304 e. The summed E-state index contributed by atoms with van der Waals surface area (Å²) in [5.41, 5.74) is 1.53. The molecule has 1 atom stereocenters. The van der Waals surface area contributed by atoms with Gasteiger partial charge in [0.25, 0.3) is 0 Å². The SMILES string of the molecule is O=C1N=C2C=CC(Br)C=C2N1. The molecule has 0 saturated heterocycles. The molecular weight excluding hydrogens is 208 g/mol. The van der Waals surface area contributed by atoms with Crippen LogP contribution in [0.25, 0.3) is 0 Å². The van der Waals surface area contributed by atoms with Gasteiger partial charge in [0.1, 0.15) is 0 Å². The molecule has 1 aliphatic heterocycles. The highest BCUT2D eigenvalue weighted by Crippen LogP contribution is 2.16. The summed E-state index contributed by atoms with van der Waals surface area (Å²) in [5, 5.41) is 2.62. The number of fused-ring (bicyclic) bond motifs is 1. The Labute approximate surface area is 72.0 Å². The van der Waals surface area contributed by atoms with Crippen molar-refractivity contribution in [2.45, 2.75) is 4.83 Å². The van der Waals surface area contributed by atoms with Gasteiger partial charge in [0.15, 0.2) is 0 Å². The molecule has 0 saturated carbocycles. The summed E-state index contributed by atoms with van der Waals surface area (Å²) in [6, 6.07) is -0.280. The lowest BCUT2D eigenvalue weighted by Crippen LogP contribution is -2.17. The van der Waals surface area contributed by atoms with Gasteiger partial charge in [-0.05, 0) is 12.2 Å². The van der Waals surface area contributed by atoms with Gasteiger partial charge in [-0.25, -0.2) is 4.79 Å². The molecule has 2 amide bonds. The normalized spacial score (nSPS) is 27.4. The van der Waals surface area contributed by atoms with Crippen molar-refractivity contribution >= 4 is 27.7 Å². The third-order valence-corrected chi connectivity index (χ3v) is 2.07. The molecule has 0 aromatic heterocycles. The fraction of sp³-hybridized carbons (Fsp3) is 0.143. The Bertz CT molecular complexity index is 304. The summed E-state index contributed by atoms with van der Waals surface area (Å²) in [6.45, 7) is 0. The van der Waals surface area contributed by atoms with Crippen LogP contribution in [-0.2, 0) is 0 Å². The van der Waals surface area contributed by atoms with Crippen LogP contribution in [0.2, 0.25) is 0 Å². The Morgan fingerprint density at radius 1 is 1.64 bits per heavy atom. The lowest BCUT2D eigenvalue weighted by Gasteiger charge is -2.06. The molecule has 0 aromatic rings. The van der Waals surface area contributed by atoms with Crippen molar-refractivity contribution < 1.29 is 4.79 Å². The van der Waals surface area contributed by atoms with Crippen LogP contribution in [0.5, 0.6) is 0 Å². The molecule has 2 rings (SSSR count). The number of carbonyl (C=O) groups excluding carboxylic acids is 1. The molecule has 1 unspecified atom stereocenters. The van der Waals surface area contributed by atoms with Crippen molar-refractivity contribution in [2.75, 3.05) is 0 Å². The van der Waals surface area contributed by atoms with Crippen LogP contribution in [0.3, 0.4) is 0 Å². The summed E-state index contributed by atoms with van der Waals surface area (Å²) in [5.74, 6) is 0. The zero-order valence-electron chi connectivity index (χ0n) is 5.54. The Morgan fingerprint density at radius 3 is 3.27 bits per heavy atom. The van der Waals surface area contributed by atoms with Crippen LogP contribution in [0, 0.1) is 0 Å². The second-order valence-electron chi connectivity index (χ2n) is 2.31. The number of hydrogen-bond acceptors (Lipinski definition) is 1. The molecule has 4 heteroatoms. The monoisotopic (exact) mass is 212 g/mol. The highest BCUT2D eigenvalue weighted by molar-refractivity contribution is 9.09. The average Bonchev–Trinajstić information content (AvgIpc) is 2.27. The first-order valence-electron chi connectivity index (χ1n) is 3.20. The molecule has 0 aromatic carbocycles. The van der Waals surface area contributed by atoms with Gasteiger partial charge in [-0.1, -0.05) is 22.0 Å². The quantitative estimate of drug-likeness (QED) is 0.606. The molecule has 11 heavy (non-hydrogen) atoms. The van der Waals surface area contributed by atoms with E-state index in [2.05, 4.69) is 26.2 Å². The van der Waals surface area contributed by atoms with Gasteiger partial charge in [0.2, 0.25) is 0 Å². The van der Waals surface area contributed by atoms with Gasteiger partial charge < -0.3 is 5.32 Å². The molecule has 1 N–H and O–H groups in total. The highest BCUT2D eigenvalue weighted by atomic mass is 79.9. The minimum atomic E-state index is -0.280. The van der Waals surface area contributed by atoms with Crippen LogP contribution in [-0.4, -0.2) is 16.6 Å². The molecule has 2 aliphatic rings. The van der Waals surface area contributed by atoms with E-state index in [1.165, 1.54) is 0 Å². The van der Waals surface area contributed by atoms with E-state index in [-0.39, 0.29) is 10.9 Å². The summed E-state index contributed by atoms with van der Waals surface area (Å²) in [4.78, 5) is 14.7. The van der Waals surface area contributed by atoms with E-state index in [0.717, 1.165) is 11.4 Å². The van der Waals surface area contributed by atoms with E-state index in [0.29, 0.717) is 0 Å². The Balaban J connectivity index is 2.39. The second kappa shape index (κ2) is 2.30. The van der Waals surface area contributed by atoms with Crippen LogP contribution in [0.4, 0.5) is 4.79 Å². The molecule has 0 fully saturated rings. The Hall–Kier alpha value is -0.900. The summed E-state index contributed by atoms with van der Waals surface area (Å²) < 4.78 is 0. The first kappa shape index (κ1) is 6.79. The second-order valence-corrected chi connectivity index (χ2v) is 3.37. The largest absolute Gasteiger partial charge is 0.346 e. The van der Waals surface area contributed by atoms with E-state index >= 15 is 0 Å². The number of nitrogens with one attached hydrogen (secondary N) is 1. The third-order valence-electron chi connectivity index (χ3n) is 1.50. The predicted molar refractivity (Wildman–Crippen MR) is 45.9 cm³/mol. The van der Waals surface area contributed by atoms with Crippen LogP contribution in [0.15, 0.2) is 28.9 Å². The van der Waals surface area contributed by atoms with Crippen molar-refractivity contribution in [1.29, 1.82) is 0 Å². The molecule has 56 valence electrons. The number of alkyl halides is 1. The smallest absolute Gasteiger partial charge is 0.304 e. The predicted octanol–water partition coefficient (Wildman–Crippen LogP) is 1.37. The summed E-state index contributed by atoms with van der Waals surface area (Å²) >= 11 is 3.38. The van der Waals surface area contributed by atoms with Crippen molar-refractivity contribution in [3.8, 4) is 0 Å². The Morgan fingerprint density at radius 2 is 2.45 bits per heavy atom. The van der Waals surface area contributed by atoms with E-state index in [4.69, 9.17) is 0 Å². The number of rotatable bonds is 0. The van der Waals surface area contributed by atoms with Crippen LogP contribution >= 0.6 is 15.9 Å². The Kier molecular flexibility index (Phi) is 1.42. The fourth-order valence-corrected chi connectivity index (χ4v) is 1.45. The number of hydrogen-bond donors (Lipinski definition) is 1. The maximum Gasteiger partial charge on any atom is 0.346 e. The van der Waals surface area contributed by atoms with Gasteiger partial charge in [-0.15, -0.1) is 0 Å². The number of urea groups is 1. The van der Waals surface area contributed by atoms with Gasteiger partial charge in [0, 0.05) is 0 Å². The maximum atomic E-state index is 10.7. The summed E-state index contributed by atoms with van der Waals surface area (Å²) in [7, 11) is 0. The zero-order valence-corrected chi connectivity index (χ0v) is 7.13. The zero-order chi connectivity index (χ0) is 7.84. The first-order valence-corrected chi connectivity index (χ1v) is 4.11. The lowest BCUT2D eigenvalue weighted by molar-refractivity contribution is 0.253. The van der Waals surface area contributed by atoms with Crippen molar-refractivity contribution in [3.05, 3.63) is 23.9 Å². The topological polar surface area (TPSA) is 41.5 Å². The van der Waals surface area contributed by atoms with Crippen molar-refractivity contribution in [2.24, 2.45) is 4.99 Å². The number of allylic oxidation sites excluding steroid dienone is 3. The minimum absolute atomic E-state index is 0.204. The molecule has 3 nitrogen and oxygen atoms in total. The van der Waals surface area contributed by atoms with Crippen molar-refractivity contribution in [1.82, 2.24) is 5.32 Å². The maximum absolute atomic E-state index is 10.7. The molecule has 1 heterocycles. The van der Waals surface area contributed by atoms with E-state index < -0.39 is 0 Å². The number of amides is 2. The number of halogens is 1. The van der Waals surface area contributed by atoms with Gasteiger partial charge in [0.05, 0.1) is 16.2 Å². The molecular formula is C7H5BrN2O. The van der Waals surface area contributed by atoms with E-state index in [1.54, 1.807) is 0 Å². The number of nitrogens with zero attached hydrogens (tertiary/aromatic N) is 1. The molecule has 1 aliphatic carbocycles. The van der Waals surface area contributed by atoms with Gasteiger partial charge >= 0.3 is 6.03 Å². The lowest BCUT2D eigenvalue weighted by atomic mass is 10.1. The number of carbonyl (C=O) groups is 1. The van der Waals surface area contributed by atoms with Gasteiger partial charge in [-0.3, -0.25) is 0 Å². The fourth-order valence-electron chi connectivity index (χ4n) is 1.03. The highest BCUT2D eigenvalue weighted by Gasteiger charge is 2.20. The average molecular weight is 213 g/mol. The van der Waals surface area contributed by atoms with Crippen molar-refractivity contribution in [3.63, 3.8) is 0 Å². The first-order chi connectivity index (χ1) is 5.25. The molecule has 0 radical (unpaired) electrons. The van der Waals surface area contributed by atoms with Crippen LogP contribution in [0.1, 0.15) is 0 Å². The van der Waals surface area contributed by atoms with Gasteiger partial charge in [-0.2, -0.15) is 4.99 Å². The standard InChI is InChI=1S/C7H5BrN2O/c8-4-1-2-5-6(3-4)10-7(11)9-5/h1-4H,(H,10,11). The molecule has 0 spiro atoms. The van der Waals surface area contributed by atoms with E-state index in [9.17, 15) is 4.79 Å². The third kappa shape index (κ3) is 1.14. The summed E-state index contributed by atoms with van der Waals surface area (Å²) in [6.07, 6.45) is 5.67. The van der Waals surface area contributed by atoms with Crippen LogP contribution < -0.4 is 5.32 Å².